The minimum atomic E-state index is -3.77. The fourth-order valence-electron chi connectivity index (χ4n) is 2.30. The molecule has 0 aliphatic rings. The highest BCUT2D eigenvalue weighted by Crippen LogP contribution is 2.29. The van der Waals surface area contributed by atoms with E-state index in [0.29, 0.717) is 10.7 Å². The summed E-state index contributed by atoms with van der Waals surface area (Å²) >= 11 is 5.75. The Morgan fingerprint density at radius 1 is 1.04 bits per heavy atom. The van der Waals surface area contributed by atoms with Crippen LogP contribution in [0.15, 0.2) is 53.4 Å². The van der Waals surface area contributed by atoms with Crippen molar-refractivity contribution in [3.63, 3.8) is 0 Å². The molecule has 0 spiro atoms. The average Bonchev–Trinajstić information content (AvgIpc) is 2.53. The molecule has 25 heavy (non-hydrogen) atoms. The second-order valence-electron chi connectivity index (χ2n) is 6.62. The summed E-state index contributed by atoms with van der Waals surface area (Å²) in [5.41, 5.74) is 1.50. The van der Waals surface area contributed by atoms with E-state index in [1.54, 1.807) is 6.07 Å². The Morgan fingerprint density at radius 3 is 2.24 bits per heavy atom. The highest BCUT2D eigenvalue weighted by Gasteiger charge is 2.20. The van der Waals surface area contributed by atoms with E-state index in [1.165, 1.54) is 24.3 Å². The normalized spacial score (nSPS) is 12.0. The van der Waals surface area contributed by atoms with Gasteiger partial charge in [0.15, 0.2) is 0 Å². The molecule has 0 saturated carbocycles. The zero-order valence-electron chi connectivity index (χ0n) is 14.3. The molecule has 2 rings (SSSR count). The lowest BCUT2D eigenvalue weighted by molar-refractivity contribution is -0.115. The molecule has 1 amide bonds. The lowest BCUT2D eigenvalue weighted by Gasteiger charge is -2.23. The number of para-hydroxylation sites is 1. The van der Waals surface area contributed by atoms with E-state index in [4.69, 9.17) is 11.6 Å². The first-order valence-corrected chi connectivity index (χ1v) is 9.60. The molecule has 0 aliphatic heterocycles. The maximum Gasteiger partial charge on any atom is 0.241 e. The number of amides is 1. The molecule has 0 bridgehead atoms. The Kier molecular flexibility index (Phi) is 5.87. The second kappa shape index (κ2) is 7.56. The van der Waals surface area contributed by atoms with Crippen LogP contribution in [0.3, 0.4) is 0 Å². The van der Waals surface area contributed by atoms with Crippen LogP contribution in [0.2, 0.25) is 5.02 Å². The van der Waals surface area contributed by atoms with E-state index in [1.807, 2.05) is 39.0 Å². The van der Waals surface area contributed by atoms with E-state index in [9.17, 15) is 13.2 Å². The van der Waals surface area contributed by atoms with Crippen LogP contribution in [-0.4, -0.2) is 20.9 Å². The van der Waals surface area contributed by atoms with Crippen LogP contribution in [0.1, 0.15) is 26.3 Å². The van der Waals surface area contributed by atoms with Crippen LogP contribution < -0.4 is 10.0 Å². The Hall–Kier alpha value is -1.89. The van der Waals surface area contributed by atoms with E-state index in [2.05, 4.69) is 10.0 Å². The van der Waals surface area contributed by atoms with Crippen molar-refractivity contribution in [2.45, 2.75) is 31.1 Å². The third kappa shape index (κ3) is 5.29. The highest BCUT2D eigenvalue weighted by atomic mass is 35.5. The van der Waals surface area contributed by atoms with Crippen molar-refractivity contribution in [1.82, 2.24) is 4.72 Å². The van der Waals surface area contributed by atoms with Gasteiger partial charge in [-0.05, 0) is 41.3 Å². The molecule has 2 aromatic carbocycles. The van der Waals surface area contributed by atoms with Gasteiger partial charge in [0.05, 0.1) is 11.4 Å². The molecule has 7 heteroatoms. The van der Waals surface area contributed by atoms with E-state index in [-0.39, 0.29) is 16.9 Å². The van der Waals surface area contributed by atoms with E-state index in [0.717, 1.165) is 5.56 Å². The number of carbonyl (C=O) groups is 1. The van der Waals surface area contributed by atoms with Crippen LogP contribution in [0.4, 0.5) is 5.69 Å². The van der Waals surface area contributed by atoms with Gasteiger partial charge in [0.2, 0.25) is 15.9 Å². The van der Waals surface area contributed by atoms with Crippen molar-refractivity contribution in [2.75, 3.05) is 11.9 Å². The van der Waals surface area contributed by atoms with Crippen molar-refractivity contribution in [1.29, 1.82) is 0 Å². The van der Waals surface area contributed by atoms with Crippen LogP contribution in [0, 0.1) is 0 Å². The number of hydrogen-bond donors (Lipinski definition) is 2. The number of halogens is 1. The first-order valence-electron chi connectivity index (χ1n) is 7.74. The third-order valence-electron chi connectivity index (χ3n) is 3.56. The summed E-state index contributed by atoms with van der Waals surface area (Å²) in [6.45, 7) is 5.77. The number of rotatable bonds is 5. The minimum absolute atomic E-state index is 0.0554. The van der Waals surface area contributed by atoms with Gasteiger partial charge in [0.1, 0.15) is 0 Å². The van der Waals surface area contributed by atoms with Crippen LogP contribution >= 0.6 is 11.6 Å². The third-order valence-corrected chi connectivity index (χ3v) is 5.22. The van der Waals surface area contributed by atoms with Crippen molar-refractivity contribution in [2.24, 2.45) is 0 Å². The molecule has 2 N–H and O–H groups in total. The van der Waals surface area contributed by atoms with Crippen molar-refractivity contribution in [3.8, 4) is 0 Å². The summed E-state index contributed by atoms with van der Waals surface area (Å²) in [5, 5.41) is 3.20. The SMILES string of the molecule is CC(C)(C)c1ccccc1NC(=O)CNS(=O)(=O)c1ccc(Cl)cc1. The number of nitrogens with one attached hydrogen (secondary N) is 2. The van der Waals surface area contributed by atoms with Gasteiger partial charge < -0.3 is 5.32 Å². The summed E-state index contributed by atoms with van der Waals surface area (Å²) in [6, 6.07) is 13.2. The fraction of sp³-hybridized carbons (Fsp3) is 0.278. The summed E-state index contributed by atoms with van der Waals surface area (Å²) in [4.78, 5) is 12.2. The number of anilines is 1. The van der Waals surface area contributed by atoms with Crippen molar-refractivity contribution in [3.05, 3.63) is 59.1 Å². The Bertz CT molecular complexity index is 857. The van der Waals surface area contributed by atoms with Gasteiger partial charge in [0, 0.05) is 10.7 Å². The zero-order chi connectivity index (χ0) is 18.7. The maximum atomic E-state index is 12.2. The monoisotopic (exact) mass is 380 g/mol. The minimum Gasteiger partial charge on any atom is -0.325 e. The van der Waals surface area contributed by atoms with Gasteiger partial charge in [-0.2, -0.15) is 0 Å². The molecule has 134 valence electrons. The van der Waals surface area contributed by atoms with E-state index >= 15 is 0 Å². The molecule has 0 aliphatic carbocycles. The summed E-state index contributed by atoms with van der Waals surface area (Å²) in [6.07, 6.45) is 0. The summed E-state index contributed by atoms with van der Waals surface area (Å²) in [7, 11) is -3.77. The molecule has 0 saturated heterocycles. The van der Waals surface area contributed by atoms with Crippen LogP contribution in [0.25, 0.3) is 0 Å². The molecule has 5 nitrogen and oxygen atoms in total. The molecule has 0 atom stereocenters. The molecular weight excluding hydrogens is 360 g/mol. The smallest absolute Gasteiger partial charge is 0.241 e. The van der Waals surface area contributed by atoms with Gasteiger partial charge >= 0.3 is 0 Å². The lowest BCUT2D eigenvalue weighted by Crippen LogP contribution is -2.33. The summed E-state index contributed by atoms with van der Waals surface area (Å²) < 4.78 is 26.7. The molecule has 0 fully saturated rings. The van der Waals surface area contributed by atoms with Crippen molar-refractivity contribution < 1.29 is 13.2 Å². The predicted molar refractivity (Wildman–Crippen MR) is 100 cm³/mol. The van der Waals surface area contributed by atoms with Gasteiger partial charge in [-0.3, -0.25) is 4.79 Å². The first kappa shape index (κ1) is 19.4. The molecule has 0 radical (unpaired) electrons. The van der Waals surface area contributed by atoms with Crippen molar-refractivity contribution >= 4 is 33.2 Å². The summed E-state index contributed by atoms with van der Waals surface area (Å²) in [5.74, 6) is -0.436. The molecular formula is C18H21ClN2O3S. The molecule has 0 heterocycles. The zero-order valence-corrected chi connectivity index (χ0v) is 15.9. The number of benzene rings is 2. The second-order valence-corrected chi connectivity index (χ2v) is 8.83. The van der Waals surface area contributed by atoms with E-state index < -0.39 is 15.9 Å². The Labute approximate surface area is 153 Å². The number of sulfonamides is 1. The average molecular weight is 381 g/mol. The predicted octanol–water partition coefficient (Wildman–Crippen LogP) is 3.55. The quantitative estimate of drug-likeness (QED) is 0.832. The first-order chi connectivity index (χ1) is 11.6. The lowest BCUT2D eigenvalue weighted by atomic mass is 9.86. The number of carbonyl (C=O) groups excluding carboxylic acids is 1. The van der Waals surface area contributed by atoms with Gasteiger partial charge in [-0.1, -0.05) is 50.6 Å². The maximum absolute atomic E-state index is 12.2. The number of hydrogen-bond acceptors (Lipinski definition) is 3. The molecule has 0 aromatic heterocycles. The fourth-order valence-corrected chi connectivity index (χ4v) is 3.41. The standard InChI is InChI=1S/C18H21ClN2O3S/c1-18(2,3)15-6-4-5-7-16(15)21-17(22)12-20-25(23,24)14-10-8-13(19)9-11-14/h4-11,20H,12H2,1-3H3,(H,21,22). The Balaban J connectivity index is 2.06. The van der Waals surface area contributed by atoms with Crippen LogP contribution in [0.5, 0.6) is 0 Å². The van der Waals surface area contributed by atoms with Crippen LogP contribution in [-0.2, 0) is 20.2 Å². The van der Waals surface area contributed by atoms with Gasteiger partial charge in [0.25, 0.3) is 0 Å². The topological polar surface area (TPSA) is 75.3 Å². The highest BCUT2D eigenvalue weighted by molar-refractivity contribution is 7.89. The Morgan fingerprint density at radius 2 is 1.64 bits per heavy atom. The van der Waals surface area contributed by atoms with Gasteiger partial charge in [-0.25, -0.2) is 13.1 Å². The molecule has 2 aromatic rings. The molecule has 0 unspecified atom stereocenters. The van der Waals surface area contributed by atoms with Gasteiger partial charge in [-0.15, -0.1) is 0 Å². The largest absolute Gasteiger partial charge is 0.325 e.